The predicted octanol–water partition coefficient (Wildman–Crippen LogP) is 3.74. The summed E-state index contributed by atoms with van der Waals surface area (Å²) in [6.07, 6.45) is 9.02. The van der Waals surface area contributed by atoms with Crippen molar-refractivity contribution in [3.63, 3.8) is 0 Å². The Hall–Kier alpha value is -1.68. The van der Waals surface area contributed by atoms with Crippen molar-refractivity contribution in [2.45, 2.75) is 38.3 Å². The Morgan fingerprint density at radius 1 is 1.25 bits per heavy atom. The second-order valence-corrected chi connectivity index (χ2v) is 5.13. The van der Waals surface area contributed by atoms with Crippen LogP contribution in [-0.2, 0) is 6.54 Å². The van der Waals surface area contributed by atoms with Crippen LogP contribution in [0.2, 0.25) is 0 Å². The first kappa shape index (κ1) is 14.7. The molecule has 0 aliphatic heterocycles. The third-order valence-corrected chi connectivity index (χ3v) is 3.77. The summed E-state index contributed by atoms with van der Waals surface area (Å²) < 4.78 is 2.07. The number of rotatable bonds is 4. The number of para-hydroxylation sites is 1. The van der Waals surface area contributed by atoms with Gasteiger partial charge in [0.2, 0.25) is 0 Å². The Morgan fingerprint density at radius 3 is 2.75 bits per heavy atom. The maximum Gasteiger partial charge on any atom is 0.120 e. The van der Waals surface area contributed by atoms with Crippen LogP contribution in [0.3, 0.4) is 0 Å². The minimum atomic E-state index is 0. The summed E-state index contributed by atoms with van der Waals surface area (Å²) in [6.45, 7) is 0.614. The van der Waals surface area contributed by atoms with Gasteiger partial charge in [-0.25, -0.2) is 0 Å². The van der Waals surface area contributed by atoms with Crippen LogP contribution < -0.4 is 5.32 Å². The molecule has 4 nitrogen and oxygen atoms in total. The maximum absolute atomic E-state index is 9.71. The largest absolute Gasteiger partial charge is 0.508 e. The molecule has 1 aromatic carbocycles. The van der Waals surface area contributed by atoms with Crippen molar-refractivity contribution >= 4 is 18.1 Å². The van der Waals surface area contributed by atoms with Gasteiger partial charge in [-0.15, -0.1) is 12.4 Å². The molecule has 108 valence electrons. The van der Waals surface area contributed by atoms with Gasteiger partial charge in [-0.2, -0.15) is 5.10 Å². The monoisotopic (exact) mass is 293 g/mol. The average molecular weight is 294 g/mol. The van der Waals surface area contributed by atoms with Crippen molar-refractivity contribution in [2.75, 3.05) is 5.32 Å². The minimum absolute atomic E-state index is 0. The van der Waals surface area contributed by atoms with E-state index in [2.05, 4.69) is 21.3 Å². The first-order valence-corrected chi connectivity index (χ1v) is 6.88. The van der Waals surface area contributed by atoms with Crippen molar-refractivity contribution in [2.24, 2.45) is 0 Å². The highest BCUT2D eigenvalue weighted by Gasteiger charge is 2.17. The number of anilines is 1. The van der Waals surface area contributed by atoms with E-state index in [1.54, 1.807) is 6.07 Å². The first-order chi connectivity index (χ1) is 9.33. The SMILES string of the molecule is Cl.Oc1ccccc1CNc1cnn(C2CCCC2)c1. The number of aromatic nitrogens is 2. The zero-order chi connectivity index (χ0) is 13.1. The van der Waals surface area contributed by atoms with Crippen molar-refractivity contribution in [3.05, 3.63) is 42.2 Å². The van der Waals surface area contributed by atoms with Gasteiger partial charge in [0, 0.05) is 18.3 Å². The fourth-order valence-corrected chi connectivity index (χ4v) is 2.66. The van der Waals surface area contributed by atoms with Gasteiger partial charge in [0.25, 0.3) is 0 Å². The fraction of sp³-hybridized carbons (Fsp3) is 0.400. The number of hydrogen-bond acceptors (Lipinski definition) is 3. The number of aromatic hydroxyl groups is 1. The average Bonchev–Trinajstić information content (AvgIpc) is 3.09. The molecule has 1 aromatic heterocycles. The summed E-state index contributed by atoms with van der Waals surface area (Å²) in [6, 6.07) is 7.96. The molecule has 2 N–H and O–H groups in total. The second kappa shape index (κ2) is 6.66. The molecule has 0 bridgehead atoms. The van der Waals surface area contributed by atoms with E-state index in [0.29, 0.717) is 18.3 Å². The van der Waals surface area contributed by atoms with Gasteiger partial charge in [0.15, 0.2) is 0 Å². The number of phenols is 1. The van der Waals surface area contributed by atoms with Gasteiger partial charge in [0.1, 0.15) is 5.75 Å². The van der Waals surface area contributed by atoms with Crippen LogP contribution >= 0.6 is 12.4 Å². The third-order valence-electron chi connectivity index (χ3n) is 3.77. The molecule has 1 aliphatic carbocycles. The van der Waals surface area contributed by atoms with Crippen molar-refractivity contribution in [3.8, 4) is 5.75 Å². The van der Waals surface area contributed by atoms with E-state index in [9.17, 15) is 5.11 Å². The summed E-state index contributed by atoms with van der Waals surface area (Å²) in [7, 11) is 0. The predicted molar refractivity (Wildman–Crippen MR) is 82.4 cm³/mol. The summed E-state index contributed by atoms with van der Waals surface area (Å²) in [5.41, 5.74) is 1.91. The molecule has 5 heteroatoms. The molecule has 3 rings (SSSR count). The molecular weight excluding hydrogens is 274 g/mol. The molecule has 0 spiro atoms. The minimum Gasteiger partial charge on any atom is -0.508 e. The Balaban J connectivity index is 0.00000147. The van der Waals surface area contributed by atoms with Gasteiger partial charge >= 0.3 is 0 Å². The number of nitrogens with zero attached hydrogens (tertiary/aromatic N) is 2. The summed E-state index contributed by atoms with van der Waals surface area (Å²) in [5, 5.41) is 17.4. The molecule has 1 aliphatic rings. The number of nitrogens with one attached hydrogen (secondary N) is 1. The molecule has 0 atom stereocenters. The molecule has 0 radical (unpaired) electrons. The molecule has 1 heterocycles. The third kappa shape index (κ3) is 3.25. The Morgan fingerprint density at radius 2 is 2.00 bits per heavy atom. The fourth-order valence-electron chi connectivity index (χ4n) is 2.66. The summed E-state index contributed by atoms with van der Waals surface area (Å²) in [4.78, 5) is 0. The Labute approximate surface area is 125 Å². The van der Waals surface area contributed by atoms with Crippen molar-refractivity contribution in [1.82, 2.24) is 9.78 Å². The van der Waals surface area contributed by atoms with E-state index in [0.717, 1.165) is 11.3 Å². The van der Waals surface area contributed by atoms with Gasteiger partial charge in [-0.3, -0.25) is 4.68 Å². The zero-order valence-electron chi connectivity index (χ0n) is 11.3. The van der Waals surface area contributed by atoms with Crippen LogP contribution in [0.4, 0.5) is 5.69 Å². The summed E-state index contributed by atoms with van der Waals surface area (Å²) >= 11 is 0. The van der Waals surface area contributed by atoms with E-state index in [1.807, 2.05) is 24.4 Å². The first-order valence-electron chi connectivity index (χ1n) is 6.88. The van der Waals surface area contributed by atoms with E-state index in [4.69, 9.17) is 0 Å². The lowest BCUT2D eigenvalue weighted by Crippen LogP contribution is -2.04. The van der Waals surface area contributed by atoms with Gasteiger partial charge in [-0.1, -0.05) is 31.0 Å². The molecule has 20 heavy (non-hydrogen) atoms. The lowest BCUT2D eigenvalue weighted by atomic mass is 10.2. The highest BCUT2D eigenvalue weighted by molar-refractivity contribution is 5.85. The zero-order valence-corrected chi connectivity index (χ0v) is 12.1. The number of benzene rings is 1. The van der Waals surface area contributed by atoms with Gasteiger partial charge < -0.3 is 10.4 Å². The molecule has 1 fully saturated rings. The molecule has 0 amide bonds. The van der Waals surface area contributed by atoms with E-state index in [-0.39, 0.29) is 12.4 Å². The topological polar surface area (TPSA) is 50.1 Å². The lowest BCUT2D eigenvalue weighted by Gasteiger charge is -2.09. The Bertz CT molecular complexity index is 550. The van der Waals surface area contributed by atoms with Crippen LogP contribution in [0.5, 0.6) is 5.75 Å². The highest BCUT2D eigenvalue weighted by atomic mass is 35.5. The summed E-state index contributed by atoms with van der Waals surface area (Å²) in [5.74, 6) is 0.332. The van der Waals surface area contributed by atoms with Crippen LogP contribution in [0.15, 0.2) is 36.7 Å². The van der Waals surface area contributed by atoms with E-state index in [1.165, 1.54) is 25.7 Å². The smallest absolute Gasteiger partial charge is 0.120 e. The van der Waals surface area contributed by atoms with E-state index >= 15 is 0 Å². The number of hydrogen-bond donors (Lipinski definition) is 2. The highest BCUT2D eigenvalue weighted by Crippen LogP contribution is 2.29. The molecular formula is C15H20ClN3O. The Kier molecular flexibility index (Phi) is 4.90. The van der Waals surface area contributed by atoms with Gasteiger partial charge in [0.05, 0.1) is 17.9 Å². The van der Waals surface area contributed by atoms with E-state index < -0.39 is 0 Å². The second-order valence-electron chi connectivity index (χ2n) is 5.13. The lowest BCUT2D eigenvalue weighted by molar-refractivity contribution is 0.467. The van der Waals surface area contributed by atoms with Crippen LogP contribution in [-0.4, -0.2) is 14.9 Å². The molecule has 0 unspecified atom stereocenters. The van der Waals surface area contributed by atoms with Crippen LogP contribution in [0.1, 0.15) is 37.3 Å². The molecule has 1 saturated carbocycles. The molecule has 2 aromatic rings. The number of phenolic OH excluding ortho intramolecular Hbond substituents is 1. The molecule has 0 saturated heterocycles. The van der Waals surface area contributed by atoms with Crippen molar-refractivity contribution < 1.29 is 5.11 Å². The van der Waals surface area contributed by atoms with Crippen molar-refractivity contribution in [1.29, 1.82) is 0 Å². The van der Waals surface area contributed by atoms with Gasteiger partial charge in [-0.05, 0) is 18.9 Å². The van der Waals surface area contributed by atoms with Crippen LogP contribution in [0, 0.1) is 0 Å². The maximum atomic E-state index is 9.71. The normalized spacial score (nSPS) is 15.0. The number of halogens is 1. The quantitative estimate of drug-likeness (QED) is 0.903. The van der Waals surface area contributed by atoms with Crippen LogP contribution in [0.25, 0.3) is 0 Å². The standard InChI is InChI=1S/C15H19N3O.ClH/c19-15-8-4-1-5-12(15)9-16-13-10-17-18(11-13)14-6-2-3-7-14;/h1,4-5,8,10-11,14,16,19H,2-3,6-7,9H2;1H.